The molecule has 0 aliphatic rings. The molecule has 0 spiro atoms. The predicted molar refractivity (Wildman–Crippen MR) is 63.8 cm³/mol. The summed E-state index contributed by atoms with van der Waals surface area (Å²) in [4.78, 5) is 11.9. The van der Waals surface area contributed by atoms with Crippen LogP contribution in [0.15, 0.2) is 18.6 Å². The van der Waals surface area contributed by atoms with Crippen LogP contribution in [0.2, 0.25) is 0 Å². The van der Waals surface area contributed by atoms with Crippen molar-refractivity contribution in [1.29, 1.82) is 0 Å². The van der Waals surface area contributed by atoms with Gasteiger partial charge < -0.3 is 10.1 Å². The van der Waals surface area contributed by atoms with Gasteiger partial charge in [0.25, 0.3) is 0 Å². The van der Waals surface area contributed by atoms with Crippen molar-refractivity contribution in [3.63, 3.8) is 0 Å². The summed E-state index contributed by atoms with van der Waals surface area (Å²) in [6.07, 6.45) is 3.06. The van der Waals surface area contributed by atoms with Crippen LogP contribution in [0.1, 0.15) is 11.7 Å². The third-order valence-corrected chi connectivity index (χ3v) is 2.58. The maximum Gasteiger partial charge on any atom is 0.242 e. The van der Waals surface area contributed by atoms with E-state index < -0.39 is 0 Å². The minimum absolute atomic E-state index is 0.0606. The zero-order valence-corrected chi connectivity index (χ0v) is 10.7. The van der Waals surface area contributed by atoms with Crippen LogP contribution in [0.3, 0.4) is 0 Å². The Labute approximate surface area is 109 Å². The lowest BCUT2D eigenvalue weighted by Crippen LogP contribution is -2.35. The normalized spacial score (nSPS) is 12.3. The molecule has 9 nitrogen and oxygen atoms in total. The first-order valence-corrected chi connectivity index (χ1v) is 5.67. The predicted octanol–water partition coefficient (Wildman–Crippen LogP) is -1.09. The molecule has 0 radical (unpaired) electrons. The average molecular weight is 265 g/mol. The number of ether oxygens (including phenoxy) is 1. The van der Waals surface area contributed by atoms with E-state index in [0.717, 1.165) is 5.69 Å². The molecule has 2 aromatic heterocycles. The van der Waals surface area contributed by atoms with Gasteiger partial charge in [-0.2, -0.15) is 5.10 Å². The second-order valence-corrected chi connectivity index (χ2v) is 3.96. The number of rotatable bonds is 6. The molecule has 1 amide bonds. The van der Waals surface area contributed by atoms with Gasteiger partial charge in [0.05, 0.1) is 18.3 Å². The average Bonchev–Trinajstić information content (AvgIpc) is 3.00. The molecule has 2 rings (SSSR count). The van der Waals surface area contributed by atoms with E-state index in [1.165, 1.54) is 11.0 Å². The summed E-state index contributed by atoms with van der Waals surface area (Å²) >= 11 is 0. The van der Waals surface area contributed by atoms with E-state index in [1.54, 1.807) is 18.0 Å². The first kappa shape index (κ1) is 13.1. The highest BCUT2D eigenvalue weighted by atomic mass is 16.5. The number of aryl methyl sites for hydroxylation is 1. The summed E-state index contributed by atoms with van der Waals surface area (Å²) in [6.45, 7) is 0.423. The Bertz CT molecular complexity index is 522. The fourth-order valence-corrected chi connectivity index (χ4v) is 1.73. The molecule has 0 aliphatic carbocycles. The summed E-state index contributed by atoms with van der Waals surface area (Å²) < 4.78 is 8.16. The SMILES string of the molecule is COC[C@H](NC(=O)Cn1cnnn1)c1ccnn1C. The number of nitrogens with zero attached hydrogens (tertiary/aromatic N) is 6. The van der Waals surface area contributed by atoms with E-state index >= 15 is 0 Å². The second-order valence-electron chi connectivity index (χ2n) is 3.96. The van der Waals surface area contributed by atoms with Gasteiger partial charge >= 0.3 is 0 Å². The second kappa shape index (κ2) is 6.05. The molecule has 102 valence electrons. The molecule has 0 aromatic carbocycles. The standard InChI is InChI=1S/C10H15N7O2/c1-16-9(3-4-12-16)8(6-19-2)13-10(18)5-17-7-11-14-15-17/h3-4,7-8H,5-6H2,1-2H3,(H,13,18)/t8-/m0/s1. The molecule has 1 atom stereocenters. The van der Waals surface area contributed by atoms with Crippen LogP contribution < -0.4 is 5.32 Å². The lowest BCUT2D eigenvalue weighted by atomic mass is 10.2. The largest absolute Gasteiger partial charge is 0.382 e. The van der Waals surface area contributed by atoms with Crippen molar-refractivity contribution >= 4 is 5.91 Å². The van der Waals surface area contributed by atoms with Crippen LogP contribution >= 0.6 is 0 Å². The number of tetrazole rings is 1. The Hall–Kier alpha value is -2.29. The van der Waals surface area contributed by atoms with Crippen molar-refractivity contribution in [2.75, 3.05) is 13.7 Å². The first-order valence-electron chi connectivity index (χ1n) is 5.67. The third-order valence-electron chi connectivity index (χ3n) is 2.58. The van der Waals surface area contributed by atoms with Crippen LogP contribution in [0, 0.1) is 0 Å². The smallest absolute Gasteiger partial charge is 0.242 e. The summed E-state index contributed by atoms with van der Waals surface area (Å²) in [6, 6.07) is 1.57. The number of methoxy groups -OCH3 is 1. The van der Waals surface area contributed by atoms with Gasteiger partial charge in [0.1, 0.15) is 12.9 Å². The lowest BCUT2D eigenvalue weighted by molar-refractivity contribution is -0.123. The molecule has 2 heterocycles. The van der Waals surface area contributed by atoms with Crippen molar-refractivity contribution in [3.8, 4) is 0 Å². The maximum absolute atomic E-state index is 11.9. The Morgan fingerprint density at radius 2 is 2.42 bits per heavy atom. The maximum atomic E-state index is 11.9. The molecule has 0 bridgehead atoms. The van der Waals surface area contributed by atoms with Gasteiger partial charge in [-0.25, -0.2) is 4.68 Å². The monoisotopic (exact) mass is 265 g/mol. The summed E-state index contributed by atoms with van der Waals surface area (Å²) in [7, 11) is 3.39. The fourth-order valence-electron chi connectivity index (χ4n) is 1.73. The number of hydrogen-bond donors (Lipinski definition) is 1. The number of nitrogens with one attached hydrogen (secondary N) is 1. The van der Waals surface area contributed by atoms with Gasteiger partial charge in [0.15, 0.2) is 0 Å². The van der Waals surface area contributed by atoms with Gasteiger partial charge in [-0.05, 0) is 16.5 Å². The van der Waals surface area contributed by atoms with Crippen molar-refractivity contribution in [2.45, 2.75) is 12.6 Å². The molecule has 0 saturated carbocycles. The number of amides is 1. The summed E-state index contributed by atoms with van der Waals surface area (Å²) in [5.74, 6) is -0.199. The third kappa shape index (κ3) is 3.35. The van der Waals surface area contributed by atoms with Crippen molar-refractivity contribution in [1.82, 2.24) is 35.3 Å². The molecular weight excluding hydrogens is 250 g/mol. The molecule has 9 heteroatoms. The summed E-state index contributed by atoms with van der Waals surface area (Å²) in [5, 5.41) is 17.5. The molecule has 0 saturated heterocycles. The molecular formula is C10H15N7O2. The highest BCUT2D eigenvalue weighted by molar-refractivity contribution is 5.76. The zero-order chi connectivity index (χ0) is 13.7. The van der Waals surface area contributed by atoms with Gasteiger partial charge in [0, 0.05) is 20.4 Å². The molecule has 1 N–H and O–H groups in total. The Balaban J connectivity index is 2.01. The number of carbonyl (C=O) groups excluding carboxylic acids is 1. The van der Waals surface area contributed by atoms with E-state index in [0.29, 0.717) is 6.61 Å². The van der Waals surface area contributed by atoms with E-state index in [1.807, 2.05) is 13.1 Å². The van der Waals surface area contributed by atoms with Crippen LogP contribution in [0.5, 0.6) is 0 Å². The van der Waals surface area contributed by atoms with Crippen molar-refractivity contribution in [3.05, 3.63) is 24.3 Å². The molecule has 19 heavy (non-hydrogen) atoms. The molecule has 2 aromatic rings. The quantitative estimate of drug-likeness (QED) is 0.712. The number of carbonyl (C=O) groups is 1. The highest BCUT2D eigenvalue weighted by Crippen LogP contribution is 2.11. The molecule has 0 unspecified atom stereocenters. The Morgan fingerprint density at radius 1 is 1.58 bits per heavy atom. The van der Waals surface area contributed by atoms with Gasteiger partial charge in [0.2, 0.25) is 5.91 Å². The fraction of sp³-hybridized carbons (Fsp3) is 0.500. The zero-order valence-electron chi connectivity index (χ0n) is 10.7. The Kier molecular flexibility index (Phi) is 4.18. The highest BCUT2D eigenvalue weighted by Gasteiger charge is 2.17. The number of hydrogen-bond acceptors (Lipinski definition) is 6. The molecule has 0 aliphatic heterocycles. The van der Waals surface area contributed by atoms with E-state index in [9.17, 15) is 4.79 Å². The van der Waals surface area contributed by atoms with Crippen LogP contribution in [-0.4, -0.2) is 49.6 Å². The lowest BCUT2D eigenvalue weighted by Gasteiger charge is -2.18. The van der Waals surface area contributed by atoms with Crippen LogP contribution in [-0.2, 0) is 23.1 Å². The first-order chi connectivity index (χ1) is 9.20. The Morgan fingerprint density at radius 3 is 3.00 bits per heavy atom. The van der Waals surface area contributed by atoms with Crippen LogP contribution in [0.4, 0.5) is 0 Å². The van der Waals surface area contributed by atoms with E-state index in [2.05, 4.69) is 25.9 Å². The van der Waals surface area contributed by atoms with Gasteiger partial charge in [-0.1, -0.05) is 0 Å². The van der Waals surface area contributed by atoms with E-state index in [4.69, 9.17) is 4.74 Å². The van der Waals surface area contributed by atoms with Gasteiger partial charge in [-0.3, -0.25) is 9.48 Å². The van der Waals surface area contributed by atoms with Crippen molar-refractivity contribution < 1.29 is 9.53 Å². The molecule has 0 fully saturated rings. The van der Waals surface area contributed by atoms with Gasteiger partial charge in [-0.15, -0.1) is 5.10 Å². The minimum atomic E-state index is -0.263. The number of aromatic nitrogens is 6. The van der Waals surface area contributed by atoms with Crippen LogP contribution in [0.25, 0.3) is 0 Å². The van der Waals surface area contributed by atoms with Crippen molar-refractivity contribution in [2.24, 2.45) is 7.05 Å². The topological polar surface area (TPSA) is 99.8 Å². The minimum Gasteiger partial charge on any atom is -0.382 e. The summed E-state index contributed by atoms with van der Waals surface area (Å²) in [5.41, 5.74) is 0.868. The van der Waals surface area contributed by atoms with E-state index in [-0.39, 0.29) is 18.5 Å².